The molecule has 1 aromatic carbocycles. The van der Waals surface area contributed by atoms with Gasteiger partial charge in [-0.25, -0.2) is 4.98 Å². The number of nitrogens with zero attached hydrogens (tertiary/aromatic N) is 3. The number of hydrogen-bond acceptors (Lipinski definition) is 4. The Kier molecular flexibility index (Phi) is 3.75. The molecule has 0 N–H and O–H groups in total. The molecule has 0 aliphatic heterocycles. The van der Waals surface area contributed by atoms with Crippen molar-refractivity contribution >= 4 is 39.4 Å². The third kappa shape index (κ3) is 2.71. The maximum absolute atomic E-state index is 12.7. The second-order valence-electron chi connectivity index (χ2n) is 5.58. The Morgan fingerprint density at radius 3 is 2.83 bits per heavy atom. The van der Waals surface area contributed by atoms with Crippen LogP contribution in [0.3, 0.4) is 0 Å². The van der Waals surface area contributed by atoms with Crippen molar-refractivity contribution in [1.29, 1.82) is 0 Å². The van der Waals surface area contributed by atoms with Crippen LogP contribution in [0.5, 0.6) is 0 Å². The third-order valence-corrected chi connectivity index (χ3v) is 5.51. The molecule has 3 aromatic rings. The Morgan fingerprint density at radius 1 is 1.22 bits per heavy atom. The maximum atomic E-state index is 12.7. The fourth-order valence-electron chi connectivity index (χ4n) is 2.90. The summed E-state index contributed by atoms with van der Waals surface area (Å²) >= 11 is 7.51. The van der Waals surface area contributed by atoms with E-state index in [0.717, 1.165) is 35.0 Å². The second kappa shape index (κ2) is 5.91. The summed E-state index contributed by atoms with van der Waals surface area (Å²) in [4.78, 5) is 19.3. The van der Waals surface area contributed by atoms with Crippen molar-refractivity contribution in [2.24, 2.45) is 5.10 Å². The van der Waals surface area contributed by atoms with Gasteiger partial charge in [-0.2, -0.15) is 9.78 Å². The highest BCUT2D eigenvalue weighted by atomic mass is 35.5. The third-order valence-electron chi connectivity index (χ3n) is 4.06. The van der Waals surface area contributed by atoms with Crippen LogP contribution in [0.15, 0.2) is 40.5 Å². The van der Waals surface area contributed by atoms with Crippen molar-refractivity contribution in [3.05, 3.63) is 62.0 Å². The number of benzene rings is 1. The van der Waals surface area contributed by atoms with Crippen molar-refractivity contribution in [3.8, 4) is 0 Å². The lowest BCUT2D eigenvalue weighted by molar-refractivity contribution is 0.699. The molecule has 1 aliphatic rings. The molecule has 6 heteroatoms. The van der Waals surface area contributed by atoms with E-state index in [2.05, 4.69) is 10.1 Å². The zero-order valence-corrected chi connectivity index (χ0v) is 13.9. The first-order valence-corrected chi connectivity index (χ1v) is 8.73. The van der Waals surface area contributed by atoms with Crippen LogP contribution in [0.1, 0.15) is 28.8 Å². The first-order valence-electron chi connectivity index (χ1n) is 7.54. The molecule has 0 spiro atoms. The predicted molar refractivity (Wildman–Crippen MR) is 95.0 cm³/mol. The highest BCUT2D eigenvalue weighted by molar-refractivity contribution is 7.18. The Hall–Kier alpha value is -1.98. The van der Waals surface area contributed by atoms with Gasteiger partial charge in [0, 0.05) is 9.90 Å². The molecule has 0 unspecified atom stereocenters. The van der Waals surface area contributed by atoms with Gasteiger partial charge in [-0.05, 0) is 48.9 Å². The molecule has 0 saturated carbocycles. The smallest absolute Gasteiger partial charge is 0.267 e. The lowest BCUT2D eigenvalue weighted by Gasteiger charge is -2.09. The van der Waals surface area contributed by atoms with Crippen LogP contribution in [0, 0.1) is 0 Å². The van der Waals surface area contributed by atoms with Gasteiger partial charge in [-0.1, -0.05) is 23.7 Å². The van der Waals surface area contributed by atoms with E-state index in [9.17, 15) is 4.79 Å². The summed E-state index contributed by atoms with van der Waals surface area (Å²) in [6.45, 7) is 0. The minimum atomic E-state index is -0.0837. The molecule has 1 aliphatic carbocycles. The lowest BCUT2D eigenvalue weighted by Crippen LogP contribution is -2.18. The number of halogens is 1. The van der Waals surface area contributed by atoms with Crippen LogP contribution >= 0.6 is 22.9 Å². The van der Waals surface area contributed by atoms with E-state index in [1.807, 2.05) is 12.1 Å². The van der Waals surface area contributed by atoms with Crippen LogP contribution in [-0.4, -0.2) is 15.9 Å². The topological polar surface area (TPSA) is 47.2 Å². The number of aromatic nitrogens is 2. The normalized spacial score (nSPS) is 14.5. The van der Waals surface area contributed by atoms with Crippen molar-refractivity contribution in [2.75, 3.05) is 0 Å². The van der Waals surface area contributed by atoms with E-state index < -0.39 is 0 Å². The molecule has 0 atom stereocenters. The Bertz CT molecular complexity index is 956. The Labute approximate surface area is 142 Å². The predicted octanol–water partition coefficient (Wildman–Crippen LogP) is 3.87. The van der Waals surface area contributed by atoms with Gasteiger partial charge in [0.25, 0.3) is 5.56 Å². The summed E-state index contributed by atoms with van der Waals surface area (Å²) in [5.41, 5.74) is 1.98. The summed E-state index contributed by atoms with van der Waals surface area (Å²) in [7, 11) is 0. The number of aryl methyl sites for hydroxylation is 2. The number of fused-ring (bicyclic) bond motifs is 3. The van der Waals surface area contributed by atoms with Crippen LogP contribution in [0.25, 0.3) is 10.2 Å². The summed E-state index contributed by atoms with van der Waals surface area (Å²) in [5.74, 6) is 0. The monoisotopic (exact) mass is 343 g/mol. The standard InChI is InChI=1S/C17H14ClN3OS/c18-12-7-5-11(6-8-12)9-20-21-10-19-16-15(17(21)22)13-3-1-2-4-14(13)23-16/h5-10H,1-4H2/b20-9-. The van der Waals surface area contributed by atoms with E-state index in [1.165, 1.54) is 27.9 Å². The molecule has 0 fully saturated rings. The molecular formula is C17H14ClN3OS. The molecule has 2 heterocycles. The van der Waals surface area contributed by atoms with Gasteiger partial charge in [0.15, 0.2) is 0 Å². The van der Waals surface area contributed by atoms with Gasteiger partial charge in [-0.3, -0.25) is 4.79 Å². The van der Waals surface area contributed by atoms with Gasteiger partial charge < -0.3 is 0 Å². The highest BCUT2D eigenvalue weighted by Crippen LogP contribution is 2.33. The summed E-state index contributed by atoms with van der Waals surface area (Å²) in [6.07, 6.45) is 7.51. The number of thiophene rings is 1. The van der Waals surface area contributed by atoms with Gasteiger partial charge in [0.2, 0.25) is 0 Å². The van der Waals surface area contributed by atoms with Crippen molar-refractivity contribution in [2.45, 2.75) is 25.7 Å². The maximum Gasteiger partial charge on any atom is 0.282 e. The second-order valence-corrected chi connectivity index (χ2v) is 7.10. The molecular weight excluding hydrogens is 330 g/mol. The van der Waals surface area contributed by atoms with E-state index >= 15 is 0 Å². The van der Waals surface area contributed by atoms with E-state index in [1.54, 1.807) is 29.7 Å². The zero-order valence-electron chi connectivity index (χ0n) is 12.3. The van der Waals surface area contributed by atoms with Crippen molar-refractivity contribution < 1.29 is 0 Å². The fourth-order valence-corrected chi connectivity index (χ4v) is 4.24. The van der Waals surface area contributed by atoms with Crippen LogP contribution in [-0.2, 0) is 12.8 Å². The van der Waals surface area contributed by atoms with E-state index in [4.69, 9.17) is 11.6 Å². The average Bonchev–Trinajstić information content (AvgIpc) is 2.95. The van der Waals surface area contributed by atoms with Gasteiger partial charge in [0.1, 0.15) is 11.2 Å². The quantitative estimate of drug-likeness (QED) is 0.663. The first-order chi connectivity index (χ1) is 11.2. The van der Waals surface area contributed by atoms with Crippen LogP contribution in [0.4, 0.5) is 0 Å². The number of hydrogen-bond donors (Lipinski definition) is 0. The SMILES string of the molecule is O=c1c2c3c(sc2ncn1/N=C\c1ccc(Cl)cc1)CCCC3. The van der Waals surface area contributed by atoms with Gasteiger partial charge in [0.05, 0.1) is 11.6 Å². The van der Waals surface area contributed by atoms with Gasteiger partial charge >= 0.3 is 0 Å². The Morgan fingerprint density at radius 2 is 2.00 bits per heavy atom. The Balaban J connectivity index is 1.77. The van der Waals surface area contributed by atoms with Crippen LogP contribution in [0.2, 0.25) is 5.02 Å². The number of rotatable bonds is 2. The molecule has 4 nitrogen and oxygen atoms in total. The van der Waals surface area contributed by atoms with Crippen LogP contribution < -0.4 is 5.56 Å². The fraction of sp³-hybridized carbons (Fsp3) is 0.235. The first kappa shape index (κ1) is 14.6. The summed E-state index contributed by atoms with van der Waals surface area (Å²) in [6, 6.07) is 7.30. The molecule has 0 saturated heterocycles. The molecule has 4 rings (SSSR count). The molecule has 0 radical (unpaired) electrons. The average molecular weight is 344 g/mol. The molecule has 0 amide bonds. The zero-order chi connectivity index (χ0) is 15.8. The highest BCUT2D eigenvalue weighted by Gasteiger charge is 2.19. The molecule has 0 bridgehead atoms. The summed E-state index contributed by atoms with van der Waals surface area (Å²) < 4.78 is 1.32. The molecule has 116 valence electrons. The van der Waals surface area contributed by atoms with E-state index in [-0.39, 0.29) is 5.56 Å². The molecule has 2 aromatic heterocycles. The van der Waals surface area contributed by atoms with Crippen molar-refractivity contribution in [3.63, 3.8) is 0 Å². The summed E-state index contributed by atoms with van der Waals surface area (Å²) in [5, 5.41) is 5.69. The van der Waals surface area contributed by atoms with E-state index in [0.29, 0.717) is 5.02 Å². The minimum Gasteiger partial charge on any atom is -0.267 e. The molecule has 23 heavy (non-hydrogen) atoms. The van der Waals surface area contributed by atoms with Crippen molar-refractivity contribution in [1.82, 2.24) is 9.66 Å². The lowest BCUT2D eigenvalue weighted by atomic mass is 9.97. The van der Waals surface area contributed by atoms with Gasteiger partial charge in [-0.15, -0.1) is 11.3 Å². The largest absolute Gasteiger partial charge is 0.282 e. The minimum absolute atomic E-state index is 0.0837.